The highest BCUT2D eigenvalue weighted by molar-refractivity contribution is 7.89. The molecule has 0 atom stereocenters. The maximum Gasteiger partial charge on any atom is 0.289 e. The first-order valence-corrected chi connectivity index (χ1v) is 7.42. The lowest BCUT2D eigenvalue weighted by Crippen LogP contribution is -2.26. The number of sulfonamides is 1. The van der Waals surface area contributed by atoms with E-state index in [0.29, 0.717) is 12.5 Å². The number of benzene rings is 1. The van der Waals surface area contributed by atoms with Gasteiger partial charge in [0.25, 0.3) is 5.69 Å². The van der Waals surface area contributed by atoms with Crippen LogP contribution in [0.1, 0.15) is 19.3 Å². The number of hydrogen-bond acceptors (Lipinski definition) is 5. The minimum atomic E-state index is -3.90. The predicted molar refractivity (Wildman–Crippen MR) is 70.0 cm³/mol. The van der Waals surface area contributed by atoms with Crippen molar-refractivity contribution < 1.29 is 13.3 Å². The van der Waals surface area contributed by atoms with Gasteiger partial charge in [-0.25, -0.2) is 13.1 Å². The molecule has 0 radical (unpaired) electrons. The summed E-state index contributed by atoms with van der Waals surface area (Å²) in [6.45, 7) is 0.291. The summed E-state index contributed by atoms with van der Waals surface area (Å²) < 4.78 is 26.5. The van der Waals surface area contributed by atoms with Gasteiger partial charge in [0, 0.05) is 18.3 Å². The number of nitro benzene ring substituents is 1. The summed E-state index contributed by atoms with van der Waals surface area (Å²) in [5, 5.41) is 10.8. The van der Waals surface area contributed by atoms with Crippen LogP contribution in [0.4, 0.5) is 11.4 Å². The molecule has 19 heavy (non-hydrogen) atoms. The van der Waals surface area contributed by atoms with Gasteiger partial charge < -0.3 is 5.73 Å². The molecule has 0 unspecified atom stereocenters. The third-order valence-corrected chi connectivity index (χ3v) is 4.50. The molecule has 1 aliphatic rings. The maximum atomic E-state index is 12.0. The van der Waals surface area contributed by atoms with Gasteiger partial charge in [0.05, 0.1) is 4.92 Å². The van der Waals surface area contributed by atoms with E-state index in [1.54, 1.807) is 0 Å². The van der Waals surface area contributed by atoms with Crippen molar-refractivity contribution in [3.05, 3.63) is 28.3 Å². The maximum absolute atomic E-state index is 12.0. The average Bonchev–Trinajstić information content (AvgIpc) is 3.12. The summed E-state index contributed by atoms with van der Waals surface area (Å²) in [6.07, 6.45) is 3.01. The van der Waals surface area contributed by atoms with Crippen LogP contribution in [0.3, 0.4) is 0 Å². The van der Waals surface area contributed by atoms with Crippen LogP contribution in [0.2, 0.25) is 0 Å². The third-order valence-electron chi connectivity index (χ3n) is 3.01. The first-order valence-electron chi connectivity index (χ1n) is 5.94. The fraction of sp³-hybridized carbons (Fsp3) is 0.455. The molecule has 104 valence electrons. The average molecular weight is 285 g/mol. The van der Waals surface area contributed by atoms with Crippen LogP contribution in [0.5, 0.6) is 0 Å². The predicted octanol–water partition coefficient (Wildman–Crippen LogP) is 1.26. The second-order valence-electron chi connectivity index (χ2n) is 4.61. The van der Waals surface area contributed by atoms with Crippen LogP contribution in [0, 0.1) is 16.0 Å². The molecule has 3 N–H and O–H groups in total. The van der Waals surface area contributed by atoms with Crippen LogP contribution in [-0.2, 0) is 10.0 Å². The van der Waals surface area contributed by atoms with Crippen molar-refractivity contribution in [1.82, 2.24) is 4.72 Å². The lowest BCUT2D eigenvalue weighted by atomic mass is 10.3. The Kier molecular flexibility index (Phi) is 3.72. The molecule has 1 aliphatic carbocycles. The highest BCUT2D eigenvalue weighted by Crippen LogP contribution is 2.32. The van der Waals surface area contributed by atoms with Gasteiger partial charge in [-0.15, -0.1) is 0 Å². The number of anilines is 1. The molecule has 1 saturated carbocycles. The van der Waals surface area contributed by atoms with Crippen molar-refractivity contribution in [1.29, 1.82) is 0 Å². The molecule has 2 rings (SSSR count). The zero-order chi connectivity index (χ0) is 14.0. The van der Waals surface area contributed by atoms with Gasteiger partial charge in [0.1, 0.15) is 0 Å². The molecule has 0 aliphatic heterocycles. The van der Waals surface area contributed by atoms with E-state index in [9.17, 15) is 18.5 Å². The molecule has 1 aromatic carbocycles. The summed E-state index contributed by atoms with van der Waals surface area (Å²) in [5.74, 6) is 0.582. The first kappa shape index (κ1) is 13.8. The van der Waals surface area contributed by atoms with Crippen molar-refractivity contribution in [3.63, 3.8) is 0 Å². The highest BCUT2D eigenvalue weighted by atomic mass is 32.2. The number of nitrogens with two attached hydrogens (primary N) is 1. The molecule has 0 saturated heterocycles. The summed E-state index contributed by atoms with van der Waals surface area (Å²) >= 11 is 0. The smallest absolute Gasteiger partial charge is 0.289 e. The Morgan fingerprint density at radius 2 is 2.11 bits per heavy atom. The van der Waals surface area contributed by atoms with Crippen LogP contribution in [0.25, 0.3) is 0 Å². The van der Waals surface area contributed by atoms with E-state index in [1.165, 1.54) is 6.07 Å². The lowest BCUT2D eigenvalue weighted by molar-refractivity contribution is -0.387. The molecular weight excluding hydrogens is 270 g/mol. The van der Waals surface area contributed by atoms with Gasteiger partial charge in [0.15, 0.2) is 4.90 Å². The highest BCUT2D eigenvalue weighted by Gasteiger charge is 2.27. The number of nitrogen functional groups attached to an aromatic ring is 1. The lowest BCUT2D eigenvalue weighted by Gasteiger charge is -2.07. The van der Waals surface area contributed by atoms with Crippen molar-refractivity contribution in [3.8, 4) is 0 Å². The topological polar surface area (TPSA) is 115 Å². The molecule has 1 fully saturated rings. The van der Waals surface area contributed by atoms with Crippen molar-refractivity contribution >= 4 is 21.4 Å². The third kappa shape index (κ3) is 3.42. The summed E-state index contributed by atoms with van der Waals surface area (Å²) in [7, 11) is -3.90. The summed E-state index contributed by atoms with van der Waals surface area (Å²) in [6, 6.07) is 3.52. The largest absolute Gasteiger partial charge is 0.399 e. The van der Waals surface area contributed by atoms with E-state index in [-0.39, 0.29) is 10.6 Å². The van der Waals surface area contributed by atoms with Crippen molar-refractivity contribution in [2.24, 2.45) is 5.92 Å². The van der Waals surface area contributed by atoms with Gasteiger partial charge in [0.2, 0.25) is 10.0 Å². The summed E-state index contributed by atoms with van der Waals surface area (Å²) in [5.41, 5.74) is 5.21. The minimum Gasteiger partial charge on any atom is -0.399 e. The Morgan fingerprint density at radius 3 is 2.68 bits per heavy atom. The standard InChI is InChI=1S/C11H15N3O4S/c12-9-3-4-10(14(15)16)11(7-9)19(17,18)13-6-5-8-1-2-8/h3-4,7-8,13H,1-2,5-6,12H2. The normalized spacial score (nSPS) is 15.4. The molecule has 0 heterocycles. The van der Waals surface area contributed by atoms with Crippen molar-refractivity contribution in [2.45, 2.75) is 24.2 Å². The number of nitrogens with one attached hydrogen (secondary N) is 1. The van der Waals surface area contributed by atoms with E-state index in [4.69, 9.17) is 5.73 Å². The fourth-order valence-electron chi connectivity index (χ4n) is 1.78. The molecule has 1 aromatic rings. The quantitative estimate of drug-likeness (QED) is 0.463. The monoisotopic (exact) mass is 285 g/mol. The molecule has 0 amide bonds. The number of rotatable bonds is 6. The van der Waals surface area contributed by atoms with Gasteiger partial charge >= 0.3 is 0 Å². The van der Waals surface area contributed by atoms with Gasteiger partial charge in [-0.2, -0.15) is 0 Å². The zero-order valence-electron chi connectivity index (χ0n) is 10.2. The number of nitro groups is 1. The Labute approximate surface area is 111 Å². The molecule has 0 spiro atoms. The fourth-order valence-corrected chi connectivity index (χ4v) is 3.03. The van der Waals surface area contributed by atoms with E-state index in [2.05, 4.69) is 4.72 Å². The Morgan fingerprint density at radius 1 is 1.42 bits per heavy atom. The van der Waals surface area contributed by atoms with Gasteiger partial charge in [-0.3, -0.25) is 10.1 Å². The van der Waals surface area contributed by atoms with Crippen LogP contribution in [0.15, 0.2) is 23.1 Å². The van der Waals surface area contributed by atoms with Gasteiger partial charge in [-0.1, -0.05) is 12.8 Å². The first-order chi connectivity index (χ1) is 8.90. The Hall–Kier alpha value is -1.67. The second kappa shape index (κ2) is 5.14. The van der Waals surface area contributed by atoms with E-state index in [1.807, 2.05) is 0 Å². The summed E-state index contributed by atoms with van der Waals surface area (Å²) in [4.78, 5) is 9.74. The number of hydrogen-bond donors (Lipinski definition) is 2. The molecule has 8 heteroatoms. The van der Waals surface area contributed by atoms with E-state index in [0.717, 1.165) is 31.4 Å². The molecular formula is C11H15N3O4S. The van der Waals surface area contributed by atoms with E-state index >= 15 is 0 Å². The van der Waals surface area contributed by atoms with Gasteiger partial charge in [-0.05, 0) is 24.5 Å². The van der Waals surface area contributed by atoms with Crippen LogP contribution < -0.4 is 10.5 Å². The second-order valence-corrected chi connectivity index (χ2v) is 6.35. The Balaban J connectivity index is 2.21. The minimum absolute atomic E-state index is 0.174. The van der Waals surface area contributed by atoms with Crippen LogP contribution >= 0.6 is 0 Å². The van der Waals surface area contributed by atoms with Crippen molar-refractivity contribution in [2.75, 3.05) is 12.3 Å². The Bertz CT molecular complexity index is 596. The van der Waals surface area contributed by atoms with Crippen LogP contribution in [-0.4, -0.2) is 19.9 Å². The molecule has 0 bridgehead atoms. The number of nitrogens with zero attached hydrogens (tertiary/aromatic N) is 1. The SMILES string of the molecule is Nc1ccc([N+](=O)[O-])c(S(=O)(=O)NCCC2CC2)c1. The zero-order valence-corrected chi connectivity index (χ0v) is 11.0. The van der Waals surface area contributed by atoms with E-state index < -0.39 is 20.6 Å². The molecule has 0 aromatic heterocycles. The molecule has 7 nitrogen and oxygen atoms in total.